The monoisotopic (exact) mass is 317 g/mol. The second kappa shape index (κ2) is 6.53. The van der Waals surface area contributed by atoms with E-state index in [-0.39, 0.29) is 5.78 Å². The summed E-state index contributed by atoms with van der Waals surface area (Å²) in [6.07, 6.45) is 0.524. The van der Waals surface area contributed by atoms with E-state index in [1.165, 1.54) is 0 Å². The lowest BCUT2D eigenvalue weighted by atomic mass is 10.1. The van der Waals surface area contributed by atoms with Gasteiger partial charge in [-0.15, -0.1) is 0 Å². The van der Waals surface area contributed by atoms with Gasteiger partial charge in [0.15, 0.2) is 5.78 Å². The maximum atomic E-state index is 12.0. The lowest BCUT2D eigenvalue weighted by molar-refractivity contribution is 0.0985. The van der Waals surface area contributed by atoms with Crippen molar-refractivity contribution in [3.05, 3.63) is 64.6 Å². The fourth-order valence-electron chi connectivity index (χ4n) is 1.86. The average molecular weight is 318 g/mol. The van der Waals surface area contributed by atoms with Gasteiger partial charge < -0.3 is 4.90 Å². The van der Waals surface area contributed by atoms with Crippen LogP contribution in [0.15, 0.2) is 59.1 Å². The van der Waals surface area contributed by atoms with Crippen molar-refractivity contribution in [2.75, 3.05) is 18.5 Å². The van der Waals surface area contributed by atoms with Crippen molar-refractivity contribution in [3.8, 4) is 0 Å². The first-order chi connectivity index (χ1) is 9.16. The van der Waals surface area contributed by atoms with Crippen LogP contribution in [-0.2, 0) is 0 Å². The number of Topliss-reactive ketones (excluding diaryl/α,β-unsaturated/α-hetero) is 1. The van der Waals surface area contributed by atoms with E-state index in [4.69, 9.17) is 0 Å². The zero-order valence-corrected chi connectivity index (χ0v) is 12.4. The minimum atomic E-state index is 0.185. The summed E-state index contributed by atoms with van der Waals surface area (Å²) in [5.74, 6) is 0.185. The molecule has 0 amide bonds. The molecule has 2 aromatic rings. The largest absolute Gasteiger partial charge is 0.374 e. The number of ketones is 1. The van der Waals surface area contributed by atoms with Crippen LogP contribution in [0.1, 0.15) is 16.8 Å². The molecule has 0 aliphatic rings. The molecule has 0 aliphatic carbocycles. The van der Waals surface area contributed by atoms with Gasteiger partial charge in [0, 0.05) is 35.7 Å². The number of carbonyl (C=O) groups is 1. The second-order valence-electron chi connectivity index (χ2n) is 4.44. The molecule has 0 unspecified atom stereocenters. The van der Waals surface area contributed by atoms with Crippen molar-refractivity contribution < 1.29 is 4.79 Å². The molecule has 0 radical (unpaired) electrons. The Morgan fingerprint density at radius 3 is 2.32 bits per heavy atom. The maximum Gasteiger partial charge on any atom is 0.164 e. The fourth-order valence-corrected chi connectivity index (χ4v) is 2.13. The molecule has 0 saturated heterocycles. The van der Waals surface area contributed by atoms with Gasteiger partial charge in [-0.3, -0.25) is 4.79 Å². The highest BCUT2D eigenvalue weighted by Crippen LogP contribution is 2.17. The third-order valence-corrected chi connectivity index (χ3v) is 3.57. The zero-order valence-electron chi connectivity index (χ0n) is 10.8. The van der Waals surface area contributed by atoms with Gasteiger partial charge in [-0.2, -0.15) is 0 Å². The van der Waals surface area contributed by atoms with Gasteiger partial charge in [0.25, 0.3) is 0 Å². The molecule has 19 heavy (non-hydrogen) atoms. The Balaban J connectivity index is 1.92. The Kier molecular flexibility index (Phi) is 4.74. The summed E-state index contributed by atoms with van der Waals surface area (Å²) in [5.41, 5.74) is 1.90. The quantitative estimate of drug-likeness (QED) is 0.772. The number of hydrogen-bond acceptors (Lipinski definition) is 2. The van der Waals surface area contributed by atoms with Gasteiger partial charge in [0.1, 0.15) is 0 Å². The smallest absolute Gasteiger partial charge is 0.164 e. The minimum absolute atomic E-state index is 0.185. The summed E-state index contributed by atoms with van der Waals surface area (Å²) in [5, 5.41) is 0. The molecule has 0 atom stereocenters. The topological polar surface area (TPSA) is 20.3 Å². The van der Waals surface area contributed by atoms with Gasteiger partial charge in [-0.25, -0.2) is 0 Å². The van der Waals surface area contributed by atoms with E-state index in [1.807, 2.05) is 61.6 Å². The van der Waals surface area contributed by atoms with Crippen molar-refractivity contribution in [1.29, 1.82) is 0 Å². The molecular weight excluding hydrogens is 302 g/mol. The molecule has 0 fully saturated rings. The van der Waals surface area contributed by atoms with Crippen LogP contribution in [0.25, 0.3) is 0 Å². The average Bonchev–Trinajstić information content (AvgIpc) is 2.46. The first kappa shape index (κ1) is 13.8. The summed E-state index contributed by atoms with van der Waals surface area (Å²) in [6.45, 7) is 0.718. The number of hydrogen-bond donors (Lipinski definition) is 0. The summed E-state index contributed by atoms with van der Waals surface area (Å²) >= 11 is 3.41. The Morgan fingerprint density at radius 2 is 1.68 bits per heavy atom. The van der Waals surface area contributed by atoms with Crippen molar-refractivity contribution in [1.82, 2.24) is 0 Å². The molecule has 0 N–H and O–H groups in total. The van der Waals surface area contributed by atoms with Crippen LogP contribution in [0, 0.1) is 0 Å². The van der Waals surface area contributed by atoms with E-state index in [9.17, 15) is 4.79 Å². The van der Waals surface area contributed by atoms with Crippen LogP contribution in [0.4, 0.5) is 5.69 Å². The predicted molar refractivity (Wildman–Crippen MR) is 82.8 cm³/mol. The molecule has 98 valence electrons. The highest BCUT2D eigenvalue weighted by molar-refractivity contribution is 9.10. The Hall–Kier alpha value is -1.61. The first-order valence-corrected chi connectivity index (χ1v) is 7.01. The number of carbonyl (C=O) groups excluding carboxylic acids is 1. The first-order valence-electron chi connectivity index (χ1n) is 6.22. The standard InChI is InChI=1S/C16H16BrNO/c1-18(15-9-7-14(17)8-10-15)12-11-16(19)13-5-3-2-4-6-13/h2-10H,11-12H2,1H3. The Labute approximate surface area is 122 Å². The maximum absolute atomic E-state index is 12.0. The van der Waals surface area contributed by atoms with E-state index < -0.39 is 0 Å². The third kappa shape index (κ3) is 3.93. The number of benzene rings is 2. The Bertz CT molecular complexity index is 536. The summed E-state index contributed by atoms with van der Waals surface area (Å²) in [7, 11) is 2.00. The molecule has 0 aromatic heterocycles. The normalized spacial score (nSPS) is 10.2. The van der Waals surface area contributed by atoms with E-state index >= 15 is 0 Å². The van der Waals surface area contributed by atoms with Gasteiger partial charge in [-0.1, -0.05) is 46.3 Å². The molecular formula is C16H16BrNO. The van der Waals surface area contributed by atoms with E-state index in [0.29, 0.717) is 6.42 Å². The summed E-state index contributed by atoms with van der Waals surface area (Å²) in [6, 6.07) is 17.5. The molecule has 2 rings (SSSR count). The lowest BCUT2D eigenvalue weighted by Gasteiger charge is -2.18. The van der Waals surface area contributed by atoms with Crippen LogP contribution in [0.5, 0.6) is 0 Å². The van der Waals surface area contributed by atoms with Crippen molar-refractivity contribution in [2.45, 2.75) is 6.42 Å². The van der Waals surface area contributed by atoms with Gasteiger partial charge in [0.2, 0.25) is 0 Å². The fraction of sp³-hybridized carbons (Fsp3) is 0.188. The third-order valence-electron chi connectivity index (χ3n) is 3.04. The van der Waals surface area contributed by atoms with Gasteiger partial charge in [0.05, 0.1) is 0 Å². The minimum Gasteiger partial charge on any atom is -0.374 e. The highest BCUT2D eigenvalue weighted by Gasteiger charge is 2.07. The second-order valence-corrected chi connectivity index (χ2v) is 5.35. The van der Waals surface area contributed by atoms with Gasteiger partial charge in [-0.05, 0) is 24.3 Å². The van der Waals surface area contributed by atoms with Crippen LogP contribution < -0.4 is 4.90 Å². The van der Waals surface area contributed by atoms with Crippen LogP contribution in [0.2, 0.25) is 0 Å². The van der Waals surface area contributed by atoms with Crippen molar-refractivity contribution in [3.63, 3.8) is 0 Å². The molecule has 3 heteroatoms. The SMILES string of the molecule is CN(CCC(=O)c1ccccc1)c1ccc(Br)cc1. The number of nitrogens with zero attached hydrogens (tertiary/aromatic N) is 1. The molecule has 0 aliphatic heterocycles. The molecule has 2 nitrogen and oxygen atoms in total. The van der Waals surface area contributed by atoms with E-state index in [2.05, 4.69) is 20.8 Å². The summed E-state index contributed by atoms with van der Waals surface area (Å²) < 4.78 is 1.06. The molecule has 0 saturated carbocycles. The number of anilines is 1. The number of halogens is 1. The molecule has 0 bridgehead atoms. The van der Waals surface area contributed by atoms with Crippen molar-refractivity contribution in [2.24, 2.45) is 0 Å². The van der Waals surface area contributed by atoms with Crippen LogP contribution in [0.3, 0.4) is 0 Å². The van der Waals surface area contributed by atoms with E-state index in [1.54, 1.807) is 0 Å². The van der Waals surface area contributed by atoms with Crippen LogP contribution >= 0.6 is 15.9 Å². The highest BCUT2D eigenvalue weighted by atomic mass is 79.9. The summed E-state index contributed by atoms with van der Waals surface area (Å²) in [4.78, 5) is 14.1. The lowest BCUT2D eigenvalue weighted by Crippen LogP contribution is -2.21. The number of rotatable bonds is 5. The van der Waals surface area contributed by atoms with Crippen LogP contribution in [-0.4, -0.2) is 19.4 Å². The van der Waals surface area contributed by atoms with Gasteiger partial charge >= 0.3 is 0 Å². The molecule has 0 spiro atoms. The predicted octanol–water partition coefficient (Wildman–Crippen LogP) is 4.16. The zero-order chi connectivity index (χ0) is 13.7. The Morgan fingerprint density at radius 1 is 1.05 bits per heavy atom. The van der Waals surface area contributed by atoms with Crippen molar-refractivity contribution >= 4 is 27.4 Å². The van der Waals surface area contributed by atoms with E-state index in [0.717, 1.165) is 22.3 Å². The molecule has 2 aromatic carbocycles. The molecule has 0 heterocycles.